The van der Waals surface area contributed by atoms with Crippen molar-refractivity contribution in [2.45, 2.75) is 6.54 Å². The van der Waals surface area contributed by atoms with Gasteiger partial charge in [0.15, 0.2) is 11.5 Å². The summed E-state index contributed by atoms with van der Waals surface area (Å²) < 4.78 is 24.0. The van der Waals surface area contributed by atoms with Crippen molar-refractivity contribution in [1.29, 1.82) is 0 Å². The lowest BCUT2D eigenvalue weighted by atomic mass is 10.0. The summed E-state index contributed by atoms with van der Waals surface area (Å²) in [6.45, 7) is 2.95. The Morgan fingerprint density at radius 2 is 1.53 bits per heavy atom. The van der Waals surface area contributed by atoms with Gasteiger partial charge in [0.1, 0.15) is 11.5 Å². The van der Waals surface area contributed by atoms with Gasteiger partial charge < -0.3 is 19.3 Å². The molecule has 2 aliphatic heterocycles. The Bertz CT molecular complexity index is 1060. The summed E-state index contributed by atoms with van der Waals surface area (Å²) in [5, 5.41) is 0. The Labute approximate surface area is 186 Å². The Balaban J connectivity index is 1.75. The minimum atomic E-state index is -0.375. The fourth-order valence-electron chi connectivity index (χ4n) is 4.05. The Hall–Kier alpha value is -3.39. The third kappa shape index (κ3) is 4.05. The molecule has 2 aromatic carbocycles. The number of imide groups is 1. The summed E-state index contributed by atoms with van der Waals surface area (Å²) >= 11 is 0. The van der Waals surface area contributed by atoms with Crippen molar-refractivity contribution in [3.05, 3.63) is 65.1 Å². The number of nitrogens with zero attached hydrogens (tertiary/aromatic N) is 3. The summed E-state index contributed by atoms with van der Waals surface area (Å²) in [6, 6.07) is 11.0. The quantitative estimate of drug-likeness (QED) is 0.644. The average molecular weight is 439 g/mol. The minimum absolute atomic E-state index is 0.0754. The van der Waals surface area contributed by atoms with Gasteiger partial charge in [0, 0.05) is 26.2 Å². The molecule has 0 aromatic heterocycles. The maximum atomic E-state index is 13.5. The highest BCUT2D eigenvalue weighted by atomic mass is 19.1. The molecule has 0 radical (unpaired) electrons. The first-order valence-corrected chi connectivity index (χ1v) is 10.4. The molecule has 7 nitrogen and oxygen atoms in total. The van der Waals surface area contributed by atoms with Crippen LogP contribution in [0.4, 0.5) is 4.39 Å². The first-order chi connectivity index (χ1) is 15.4. The molecule has 168 valence electrons. The molecular formula is C24H26FN3O4. The molecule has 32 heavy (non-hydrogen) atoms. The van der Waals surface area contributed by atoms with Gasteiger partial charge in [0.2, 0.25) is 0 Å². The Kier molecular flexibility index (Phi) is 6.14. The second kappa shape index (κ2) is 9.00. The fraction of sp³-hybridized carbons (Fsp3) is 0.333. The summed E-state index contributed by atoms with van der Waals surface area (Å²) in [7, 11) is 5.10. The van der Waals surface area contributed by atoms with Crippen molar-refractivity contribution in [3.63, 3.8) is 0 Å². The van der Waals surface area contributed by atoms with Crippen molar-refractivity contribution in [3.8, 4) is 11.5 Å². The van der Waals surface area contributed by atoms with Crippen LogP contribution in [0, 0.1) is 5.82 Å². The van der Waals surface area contributed by atoms with E-state index >= 15 is 0 Å². The molecule has 2 heterocycles. The van der Waals surface area contributed by atoms with E-state index in [1.54, 1.807) is 37.4 Å². The van der Waals surface area contributed by atoms with Gasteiger partial charge in [-0.15, -0.1) is 0 Å². The smallest absolute Gasteiger partial charge is 0.278 e. The molecule has 1 saturated heterocycles. The van der Waals surface area contributed by atoms with E-state index < -0.39 is 0 Å². The van der Waals surface area contributed by atoms with Crippen LogP contribution in [-0.4, -0.2) is 74.0 Å². The number of likely N-dealkylation sites (N-methyl/N-ethyl adjacent to an activating group) is 1. The molecule has 2 aromatic rings. The van der Waals surface area contributed by atoms with Crippen molar-refractivity contribution in [2.75, 3.05) is 47.4 Å². The van der Waals surface area contributed by atoms with E-state index in [0.29, 0.717) is 47.0 Å². The van der Waals surface area contributed by atoms with Crippen LogP contribution in [0.3, 0.4) is 0 Å². The van der Waals surface area contributed by atoms with Gasteiger partial charge in [-0.05, 0) is 42.4 Å². The number of piperazine rings is 1. The largest absolute Gasteiger partial charge is 0.493 e. The van der Waals surface area contributed by atoms with E-state index in [0.717, 1.165) is 13.1 Å². The predicted molar refractivity (Wildman–Crippen MR) is 117 cm³/mol. The molecule has 4 rings (SSSR count). The number of hydrogen-bond donors (Lipinski definition) is 0. The van der Waals surface area contributed by atoms with Gasteiger partial charge in [-0.2, -0.15) is 0 Å². The van der Waals surface area contributed by atoms with Crippen LogP contribution >= 0.6 is 0 Å². The zero-order valence-corrected chi connectivity index (χ0v) is 18.4. The number of carbonyl (C=O) groups excluding carboxylic acids is 2. The summed E-state index contributed by atoms with van der Waals surface area (Å²) in [6.07, 6.45) is 0. The number of rotatable bonds is 6. The van der Waals surface area contributed by atoms with Crippen LogP contribution in [-0.2, 0) is 16.1 Å². The second-order valence-corrected chi connectivity index (χ2v) is 7.91. The summed E-state index contributed by atoms with van der Waals surface area (Å²) in [4.78, 5) is 32.4. The van der Waals surface area contributed by atoms with Gasteiger partial charge in [0.25, 0.3) is 11.8 Å². The zero-order chi connectivity index (χ0) is 22.8. The monoisotopic (exact) mass is 439 g/mol. The van der Waals surface area contributed by atoms with Crippen LogP contribution in [0.2, 0.25) is 0 Å². The minimum Gasteiger partial charge on any atom is -0.493 e. The fourth-order valence-corrected chi connectivity index (χ4v) is 4.05. The van der Waals surface area contributed by atoms with E-state index in [-0.39, 0.29) is 24.2 Å². The molecule has 0 spiro atoms. The number of halogens is 1. The van der Waals surface area contributed by atoms with Crippen LogP contribution in [0.1, 0.15) is 11.1 Å². The maximum Gasteiger partial charge on any atom is 0.278 e. The topological polar surface area (TPSA) is 62.3 Å². The highest BCUT2D eigenvalue weighted by molar-refractivity contribution is 6.35. The second-order valence-electron chi connectivity index (χ2n) is 7.91. The number of ether oxygens (including phenoxy) is 2. The van der Waals surface area contributed by atoms with E-state index in [1.165, 1.54) is 24.1 Å². The third-order valence-electron chi connectivity index (χ3n) is 5.89. The van der Waals surface area contributed by atoms with Crippen molar-refractivity contribution in [1.82, 2.24) is 14.7 Å². The van der Waals surface area contributed by atoms with Crippen LogP contribution in [0.25, 0.3) is 5.57 Å². The number of carbonyl (C=O) groups is 2. The maximum absolute atomic E-state index is 13.5. The van der Waals surface area contributed by atoms with Gasteiger partial charge in [-0.1, -0.05) is 18.2 Å². The van der Waals surface area contributed by atoms with Gasteiger partial charge in [-0.25, -0.2) is 4.39 Å². The first-order valence-electron chi connectivity index (χ1n) is 10.4. The molecule has 0 bridgehead atoms. The van der Waals surface area contributed by atoms with Gasteiger partial charge in [-0.3, -0.25) is 14.5 Å². The molecule has 0 N–H and O–H groups in total. The molecule has 0 atom stereocenters. The lowest BCUT2D eigenvalue weighted by molar-refractivity contribution is -0.138. The van der Waals surface area contributed by atoms with Crippen LogP contribution in [0.5, 0.6) is 11.5 Å². The normalized spacial score (nSPS) is 17.4. The SMILES string of the molecule is COc1ccc(C2=C(N3CCN(C)CC3)C(=O)N(Cc3ccc(F)cc3)C2=O)cc1OC. The van der Waals surface area contributed by atoms with Crippen LogP contribution in [0.15, 0.2) is 48.2 Å². The lowest BCUT2D eigenvalue weighted by Gasteiger charge is -2.34. The average Bonchev–Trinajstić information content (AvgIpc) is 3.05. The Morgan fingerprint density at radius 3 is 2.16 bits per heavy atom. The molecule has 2 amide bonds. The number of hydrogen-bond acceptors (Lipinski definition) is 6. The molecule has 0 saturated carbocycles. The van der Waals surface area contributed by atoms with E-state index in [1.807, 2.05) is 11.9 Å². The summed E-state index contributed by atoms with van der Waals surface area (Å²) in [5.41, 5.74) is 2.02. The van der Waals surface area contributed by atoms with Crippen LogP contribution < -0.4 is 9.47 Å². The molecule has 2 aliphatic rings. The Morgan fingerprint density at radius 1 is 0.875 bits per heavy atom. The number of amides is 2. The van der Waals surface area contributed by atoms with Gasteiger partial charge in [0.05, 0.1) is 26.3 Å². The highest BCUT2D eigenvalue weighted by Gasteiger charge is 2.42. The van der Waals surface area contributed by atoms with Crippen molar-refractivity contribution < 1.29 is 23.5 Å². The van der Waals surface area contributed by atoms with Gasteiger partial charge >= 0.3 is 0 Å². The molecule has 8 heteroatoms. The third-order valence-corrected chi connectivity index (χ3v) is 5.89. The zero-order valence-electron chi connectivity index (χ0n) is 18.4. The molecule has 0 unspecified atom stereocenters. The number of methoxy groups -OCH3 is 2. The van der Waals surface area contributed by atoms with E-state index in [4.69, 9.17) is 9.47 Å². The molecule has 0 aliphatic carbocycles. The molecule has 1 fully saturated rings. The molecular weight excluding hydrogens is 413 g/mol. The summed E-state index contributed by atoms with van der Waals surface area (Å²) in [5.74, 6) is -0.0605. The van der Waals surface area contributed by atoms with Crippen molar-refractivity contribution >= 4 is 17.4 Å². The first kappa shape index (κ1) is 21.8. The predicted octanol–water partition coefficient (Wildman–Crippen LogP) is 2.37. The van der Waals surface area contributed by atoms with E-state index in [9.17, 15) is 14.0 Å². The highest BCUT2D eigenvalue weighted by Crippen LogP contribution is 2.37. The van der Waals surface area contributed by atoms with Crippen molar-refractivity contribution in [2.24, 2.45) is 0 Å². The standard InChI is InChI=1S/C24H26FN3O4/c1-26-10-12-27(13-11-26)22-21(17-6-9-19(31-2)20(14-17)32-3)23(29)28(24(22)30)15-16-4-7-18(25)8-5-16/h4-9,14H,10-13,15H2,1-3H3. The van der Waals surface area contributed by atoms with E-state index in [2.05, 4.69) is 4.90 Å². The number of benzene rings is 2. The lowest BCUT2D eigenvalue weighted by Crippen LogP contribution is -2.46.